The second kappa shape index (κ2) is 5.13. The van der Waals surface area contributed by atoms with Crippen LogP contribution < -0.4 is 5.32 Å². The van der Waals surface area contributed by atoms with Crippen LogP contribution in [0.3, 0.4) is 0 Å². The first kappa shape index (κ1) is 11.2. The fourth-order valence-electron chi connectivity index (χ4n) is 2.61. The molecule has 1 fully saturated rings. The molecule has 1 aliphatic rings. The normalized spacial score (nSPS) is 21.7. The summed E-state index contributed by atoms with van der Waals surface area (Å²) in [6, 6.07) is 5.55. The summed E-state index contributed by atoms with van der Waals surface area (Å²) in [6.45, 7) is 4.62. The lowest BCUT2D eigenvalue weighted by molar-refractivity contribution is 0.354. The van der Waals surface area contributed by atoms with Gasteiger partial charge in [0, 0.05) is 17.0 Å². The summed E-state index contributed by atoms with van der Waals surface area (Å²) in [5.41, 5.74) is 0. The molecule has 0 spiro atoms. The zero-order valence-electron chi connectivity index (χ0n) is 9.70. The van der Waals surface area contributed by atoms with E-state index in [9.17, 15) is 0 Å². The van der Waals surface area contributed by atoms with Gasteiger partial charge in [-0.25, -0.2) is 0 Å². The van der Waals surface area contributed by atoms with Crippen molar-refractivity contribution in [2.24, 2.45) is 5.92 Å². The Morgan fingerprint density at radius 3 is 2.67 bits per heavy atom. The zero-order chi connectivity index (χ0) is 10.7. The average molecular weight is 223 g/mol. The number of hydrogen-bond donors (Lipinski definition) is 1. The van der Waals surface area contributed by atoms with Crippen molar-refractivity contribution in [3.63, 3.8) is 0 Å². The first-order valence-corrected chi connectivity index (χ1v) is 6.95. The Morgan fingerprint density at radius 1 is 1.33 bits per heavy atom. The van der Waals surface area contributed by atoms with E-state index in [4.69, 9.17) is 0 Å². The average Bonchev–Trinajstić information content (AvgIpc) is 2.91. The van der Waals surface area contributed by atoms with Crippen LogP contribution in [0, 0.1) is 5.92 Å². The van der Waals surface area contributed by atoms with E-state index >= 15 is 0 Å². The molecule has 1 aromatic rings. The molecule has 2 atom stereocenters. The molecule has 0 saturated heterocycles. The van der Waals surface area contributed by atoms with Gasteiger partial charge in [0.25, 0.3) is 0 Å². The molecular weight excluding hydrogens is 202 g/mol. The minimum atomic E-state index is 0.514. The van der Waals surface area contributed by atoms with Crippen LogP contribution in [0.5, 0.6) is 0 Å². The van der Waals surface area contributed by atoms with Crippen molar-refractivity contribution >= 4 is 11.3 Å². The molecule has 1 N–H and O–H groups in total. The molecule has 0 bridgehead atoms. The number of nitrogens with one attached hydrogen (secondary N) is 1. The maximum absolute atomic E-state index is 3.73. The molecule has 1 heterocycles. The third kappa shape index (κ3) is 2.82. The quantitative estimate of drug-likeness (QED) is 0.814. The van der Waals surface area contributed by atoms with Crippen LogP contribution in [0.15, 0.2) is 17.5 Å². The van der Waals surface area contributed by atoms with E-state index in [1.54, 1.807) is 0 Å². The van der Waals surface area contributed by atoms with Crippen LogP contribution in [0.1, 0.15) is 50.4 Å². The number of hydrogen-bond acceptors (Lipinski definition) is 2. The van der Waals surface area contributed by atoms with E-state index < -0.39 is 0 Å². The van der Waals surface area contributed by atoms with Crippen LogP contribution in [-0.2, 0) is 0 Å². The Kier molecular flexibility index (Phi) is 3.81. The van der Waals surface area contributed by atoms with E-state index in [1.165, 1.54) is 30.6 Å². The van der Waals surface area contributed by atoms with Crippen molar-refractivity contribution in [3.05, 3.63) is 22.4 Å². The summed E-state index contributed by atoms with van der Waals surface area (Å²) < 4.78 is 0. The highest BCUT2D eigenvalue weighted by Gasteiger charge is 2.22. The predicted molar refractivity (Wildman–Crippen MR) is 67.3 cm³/mol. The van der Waals surface area contributed by atoms with Crippen molar-refractivity contribution < 1.29 is 0 Å². The lowest BCUT2D eigenvalue weighted by Gasteiger charge is -2.24. The highest BCUT2D eigenvalue weighted by Crippen LogP contribution is 2.29. The Balaban J connectivity index is 1.85. The van der Waals surface area contributed by atoms with Gasteiger partial charge in [0.15, 0.2) is 0 Å². The maximum atomic E-state index is 3.73. The van der Waals surface area contributed by atoms with Gasteiger partial charge in [0.1, 0.15) is 0 Å². The summed E-state index contributed by atoms with van der Waals surface area (Å²) in [4.78, 5) is 1.46. The van der Waals surface area contributed by atoms with Gasteiger partial charge in [-0.2, -0.15) is 0 Å². The van der Waals surface area contributed by atoms with Gasteiger partial charge < -0.3 is 5.32 Å². The summed E-state index contributed by atoms with van der Waals surface area (Å²) in [5.74, 6) is 0.910. The molecular formula is C13H21NS. The molecule has 0 aliphatic heterocycles. The molecule has 84 valence electrons. The molecule has 1 saturated carbocycles. The lowest BCUT2D eigenvalue weighted by Crippen LogP contribution is -2.33. The maximum Gasteiger partial charge on any atom is 0.0388 e. The minimum absolute atomic E-state index is 0.514. The Morgan fingerprint density at radius 2 is 2.07 bits per heavy atom. The van der Waals surface area contributed by atoms with E-state index in [1.807, 2.05) is 11.3 Å². The second-order valence-corrected chi connectivity index (χ2v) is 5.72. The SMILES string of the molecule is CC(N[C@H](C)C1CCCC1)c1cccs1. The first-order valence-electron chi connectivity index (χ1n) is 6.07. The van der Waals surface area contributed by atoms with E-state index in [0.717, 1.165) is 5.92 Å². The summed E-state index contributed by atoms with van der Waals surface area (Å²) in [6.07, 6.45) is 5.71. The number of rotatable bonds is 4. The molecule has 1 unspecified atom stereocenters. The molecule has 1 aromatic heterocycles. The summed E-state index contributed by atoms with van der Waals surface area (Å²) >= 11 is 1.85. The molecule has 0 amide bonds. The van der Waals surface area contributed by atoms with Crippen molar-refractivity contribution in [1.29, 1.82) is 0 Å². The molecule has 1 nitrogen and oxygen atoms in total. The van der Waals surface area contributed by atoms with Crippen LogP contribution in [0.25, 0.3) is 0 Å². The summed E-state index contributed by atoms with van der Waals surface area (Å²) in [5, 5.41) is 5.90. The van der Waals surface area contributed by atoms with Gasteiger partial charge in [-0.1, -0.05) is 18.9 Å². The topological polar surface area (TPSA) is 12.0 Å². The molecule has 2 heteroatoms. The van der Waals surface area contributed by atoms with Crippen molar-refractivity contribution in [2.45, 2.75) is 51.6 Å². The molecule has 0 aromatic carbocycles. The van der Waals surface area contributed by atoms with Gasteiger partial charge in [-0.15, -0.1) is 11.3 Å². The van der Waals surface area contributed by atoms with Crippen molar-refractivity contribution in [2.75, 3.05) is 0 Å². The van der Waals surface area contributed by atoms with Gasteiger partial charge in [-0.05, 0) is 44.1 Å². The first-order chi connectivity index (χ1) is 7.27. The summed E-state index contributed by atoms with van der Waals surface area (Å²) in [7, 11) is 0. The van der Waals surface area contributed by atoms with Gasteiger partial charge in [-0.3, -0.25) is 0 Å². The van der Waals surface area contributed by atoms with E-state index in [0.29, 0.717) is 12.1 Å². The monoisotopic (exact) mass is 223 g/mol. The van der Waals surface area contributed by atoms with Crippen LogP contribution in [0.4, 0.5) is 0 Å². The Bertz CT molecular complexity index is 275. The van der Waals surface area contributed by atoms with Crippen LogP contribution in [0.2, 0.25) is 0 Å². The predicted octanol–water partition coefficient (Wildman–Crippen LogP) is 3.98. The van der Waals surface area contributed by atoms with Crippen LogP contribution in [-0.4, -0.2) is 6.04 Å². The molecule has 0 radical (unpaired) electrons. The standard InChI is InChI=1S/C13H21NS/c1-10(12-6-3-4-7-12)14-11(2)13-8-5-9-15-13/h5,8-12,14H,3-4,6-7H2,1-2H3/t10-,11?/m1/s1. The smallest absolute Gasteiger partial charge is 0.0388 e. The minimum Gasteiger partial charge on any atom is -0.307 e. The largest absolute Gasteiger partial charge is 0.307 e. The van der Waals surface area contributed by atoms with E-state index in [-0.39, 0.29) is 0 Å². The van der Waals surface area contributed by atoms with E-state index in [2.05, 4.69) is 36.7 Å². The fourth-order valence-corrected chi connectivity index (χ4v) is 3.35. The van der Waals surface area contributed by atoms with Gasteiger partial charge in [0.05, 0.1) is 0 Å². The Hall–Kier alpha value is -0.340. The highest BCUT2D eigenvalue weighted by molar-refractivity contribution is 7.10. The third-order valence-electron chi connectivity index (χ3n) is 3.59. The molecule has 15 heavy (non-hydrogen) atoms. The Labute approximate surface area is 96.9 Å². The fraction of sp³-hybridized carbons (Fsp3) is 0.692. The van der Waals surface area contributed by atoms with Crippen LogP contribution >= 0.6 is 11.3 Å². The third-order valence-corrected chi connectivity index (χ3v) is 4.64. The molecule has 2 rings (SSSR count). The number of thiophene rings is 1. The highest BCUT2D eigenvalue weighted by atomic mass is 32.1. The molecule has 1 aliphatic carbocycles. The van der Waals surface area contributed by atoms with Gasteiger partial charge in [0.2, 0.25) is 0 Å². The van der Waals surface area contributed by atoms with Crippen molar-refractivity contribution in [1.82, 2.24) is 5.32 Å². The second-order valence-electron chi connectivity index (χ2n) is 4.74. The zero-order valence-corrected chi connectivity index (χ0v) is 10.5. The van der Waals surface area contributed by atoms with Crippen molar-refractivity contribution in [3.8, 4) is 0 Å². The lowest BCUT2D eigenvalue weighted by atomic mass is 9.99. The van der Waals surface area contributed by atoms with Gasteiger partial charge >= 0.3 is 0 Å².